The third-order valence-electron chi connectivity index (χ3n) is 3.32. The highest BCUT2D eigenvalue weighted by Gasteiger charge is 2.19. The number of hydrogen-bond donors (Lipinski definition) is 1. The zero-order valence-electron chi connectivity index (χ0n) is 10.7. The number of piperidine rings is 1. The average molecular weight is 238 g/mol. The lowest BCUT2D eigenvalue weighted by Gasteiger charge is -2.27. The van der Waals surface area contributed by atoms with Crippen molar-refractivity contribution in [3.8, 4) is 0 Å². The van der Waals surface area contributed by atoms with Gasteiger partial charge in [0.25, 0.3) is 0 Å². The van der Waals surface area contributed by atoms with Crippen molar-refractivity contribution in [3.63, 3.8) is 0 Å². The third kappa shape index (κ3) is 3.78. The molecule has 0 amide bonds. The van der Waals surface area contributed by atoms with Gasteiger partial charge in [-0.3, -0.25) is 0 Å². The topological polar surface area (TPSA) is 68.2 Å². The van der Waals surface area contributed by atoms with Crippen molar-refractivity contribution in [2.24, 2.45) is 11.7 Å². The minimum atomic E-state index is 0.0868. The van der Waals surface area contributed by atoms with Gasteiger partial charge >= 0.3 is 0 Å². The number of nitrogens with zero attached hydrogens (tertiary/aromatic N) is 3. The maximum Gasteiger partial charge on any atom is 0.226 e. The number of hydrogen-bond acceptors (Lipinski definition) is 5. The van der Waals surface area contributed by atoms with Crippen LogP contribution in [0.15, 0.2) is 4.52 Å². The molecule has 0 radical (unpaired) electrons. The molecule has 5 nitrogen and oxygen atoms in total. The lowest BCUT2D eigenvalue weighted by molar-refractivity contribution is 0.208. The van der Waals surface area contributed by atoms with Crippen molar-refractivity contribution in [2.75, 3.05) is 20.1 Å². The molecule has 2 heterocycles. The van der Waals surface area contributed by atoms with Crippen LogP contribution in [0.5, 0.6) is 0 Å². The molecule has 1 aliphatic heterocycles. The number of aromatic nitrogens is 2. The maximum atomic E-state index is 5.71. The predicted molar refractivity (Wildman–Crippen MR) is 65.6 cm³/mol. The minimum Gasteiger partial charge on any atom is -0.339 e. The molecule has 96 valence electrons. The van der Waals surface area contributed by atoms with Crippen LogP contribution in [0, 0.1) is 5.92 Å². The summed E-state index contributed by atoms with van der Waals surface area (Å²) in [6.07, 6.45) is 4.06. The van der Waals surface area contributed by atoms with E-state index in [1.54, 1.807) is 0 Å². The van der Waals surface area contributed by atoms with E-state index in [0.717, 1.165) is 18.1 Å². The van der Waals surface area contributed by atoms with E-state index in [9.17, 15) is 0 Å². The Morgan fingerprint density at radius 1 is 1.47 bits per heavy atom. The standard InChI is InChI=1S/C12H22N4O/c1-9(13)7-11-14-12(17-15-11)8-10-3-5-16(2)6-4-10/h9-10H,3-8,13H2,1-2H3. The molecule has 5 heteroatoms. The first-order chi connectivity index (χ1) is 8.13. The van der Waals surface area contributed by atoms with Gasteiger partial charge in [0.2, 0.25) is 5.89 Å². The monoisotopic (exact) mass is 238 g/mol. The summed E-state index contributed by atoms with van der Waals surface area (Å²) in [4.78, 5) is 6.76. The second-order valence-electron chi connectivity index (χ2n) is 5.24. The van der Waals surface area contributed by atoms with Crippen LogP contribution in [0.4, 0.5) is 0 Å². The van der Waals surface area contributed by atoms with E-state index in [1.165, 1.54) is 25.9 Å². The Balaban J connectivity index is 1.84. The highest BCUT2D eigenvalue weighted by atomic mass is 16.5. The van der Waals surface area contributed by atoms with Crippen LogP contribution in [-0.2, 0) is 12.8 Å². The lowest BCUT2D eigenvalue weighted by Crippen LogP contribution is -2.31. The summed E-state index contributed by atoms with van der Waals surface area (Å²) in [5.41, 5.74) is 5.71. The second kappa shape index (κ2) is 5.60. The van der Waals surface area contributed by atoms with Crippen molar-refractivity contribution >= 4 is 0 Å². The molecule has 0 spiro atoms. The summed E-state index contributed by atoms with van der Waals surface area (Å²) < 4.78 is 5.26. The summed E-state index contributed by atoms with van der Waals surface area (Å²) in [5, 5.41) is 3.96. The van der Waals surface area contributed by atoms with Crippen LogP contribution in [-0.4, -0.2) is 41.2 Å². The Hall–Kier alpha value is -0.940. The van der Waals surface area contributed by atoms with Gasteiger partial charge in [-0.05, 0) is 45.8 Å². The molecular weight excluding hydrogens is 216 g/mol. The molecule has 17 heavy (non-hydrogen) atoms. The highest BCUT2D eigenvalue weighted by molar-refractivity contribution is 4.90. The van der Waals surface area contributed by atoms with Gasteiger partial charge in [0, 0.05) is 18.9 Å². The molecule has 0 saturated carbocycles. The first kappa shape index (κ1) is 12.5. The normalized spacial score (nSPS) is 20.6. The largest absolute Gasteiger partial charge is 0.339 e. The van der Waals surface area contributed by atoms with Gasteiger partial charge in [0.05, 0.1) is 0 Å². The Kier molecular flexibility index (Phi) is 4.12. The van der Waals surface area contributed by atoms with Crippen LogP contribution in [0.2, 0.25) is 0 Å². The van der Waals surface area contributed by atoms with Gasteiger partial charge in [-0.2, -0.15) is 4.98 Å². The number of rotatable bonds is 4. The summed E-state index contributed by atoms with van der Waals surface area (Å²) in [6, 6.07) is 0.0868. The molecule has 0 aromatic carbocycles. The predicted octanol–water partition coefficient (Wildman–Crippen LogP) is 0.844. The molecule has 0 bridgehead atoms. The molecule has 2 N–H and O–H groups in total. The van der Waals surface area contributed by atoms with Crippen LogP contribution < -0.4 is 5.73 Å². The van der Waals surface area contributed by atoms with Gasteiger partial charge in [-0.25, -0.2) is 0 Å². The van der Waals surface area contributed by atoms with Gasteiger partial charge in [0.1, 0.15) is 0 Å². The highest BCUT2D eigenvalue weighted by Crippen LogP contribution is 2.20. The zero-order valence-corrected chi connectivity index (χ0v) is 10.7. The Morgan fingerprint density at radius 3 is 2.82 bits per heavy atom. The smallest absolute Gasteiger partial charge is 0.226 e. The molecule has 1 fully saturated rings. The molecule has 1 unspecified atom stereocenters. The molecule has 1 aromatic rings. The van der Waals surface area contributed by atoms with Crippen LogP contribution in [0.1, 0.15) is 31.5 Å². The van der Waals surface area contributed by atoms with E-state index >= 15 is 0 Å². The Labute approximate surface area is 102 Å². The van der Waals surface area contributed by atoms with Gasteiger partial charge in [-0.1, -0.05) is 5.16 Å². The Morgan fingerprint density at radius 2 is 2.18 bits per heavy atom. The van der Waals surface area contributed by atoms with Crippen molar-refractivity contribution in [1.82, 2.24) is 15.0 Å². The fraction of sp³-hybridized carbons (Fsp3) is 0.833. The first-order valence-corrected chi connectivity index (χ1v) is 6.39. The van der Waals surface area contributed by atoms with Crippen LogP contribution in [0.25, 0.3) is 0 Å². The van der Waals surface area contributed by atoms with E-state index in [4.69, 9.17) is 10.3 Å². The van der Waals surface area contributed by atoms with Crippen molar-refractivity contribution in [2.45, 2.75) is 38.6 Å². The van der Waals surface area contributed by atoms with Crippen LogP contribution in [0.3, 0.4) is 0 Å². The summed E-state index contributed by atoms with van der Waals surface area (Å²) >= 11 is 0. The fourth-order valence-electron chi connectivity index (χ4n) is 2.26. The zero-order chi connectivity index (χ0) is 12.3. The van der Waals surface area contributed by atoms with Crippen LogP contribution >= 0.6 is 0 Å². The summed E-state index contributed by atoms with van der Waals surface area (Å²) in [6.45, 7) is 4.30. The molecule has 2 rings (SSSR count). The molecule has 1 saturated heterocycles. The SMILES string of the molecule is CC(N)Cc1noc(CC2CCN(C)CC2)n1. The van der Waals surface area contributed by atoms with Crippen molar-refractivity contribution in [3.05, 3.63) is 11.7 Å². The maximum absolute atomic E-state index is 5.71. The summed E-state index contributed by atoms with van der Waals surface area (Å²) in [7, 11) is 2.17. The fourth-order valence-corrected chi connectivity index (χ4v) is 2.26. The number of likely N-dealkylation sites (tertiary alicyclic amines) is 1. The molecule has 0 aliphatic carbocycles. The summed E-state index contributed by atoms with van der Waals surface area (Å²) in [5.74, 6) is 2.20. The van der Waals surface area contributed by atoms with E-state index in [0.29, 0.717) is 12.3 Å². The first-order valence-electron chi connectivity index (χ1n) is 6.39. The molecular formula is C12H22N4O. The molecule has 1 atom stereocenters. The van der Waals surface area contributed by atoms with Gasteiger partial charge < -0.3 is 15.2 Å². The third-order valence-corrected chi connectivity index (χ3v) is 3.32. The van der Waals surface area contributed by atoms with Crippen molar-refractivity contribution in [1.29, 1.82) is 0 Å². The van der Waals surface area contributed by atoms with E-state index in [1.807, 2.05) is 6.92 Å². The molecule has 1 aliphatic rings. The molecule has 1 aromatic heterocycles. The van der Waals surface area contributed by atoms with Crippen molar-refractivity contribution < 1.29 is 4.52 Å². The van der Waals surface area contributed by atoms with E-state index in [-0.39, 0.29) is 6.04 Å². The van der Waals surface area contributed by atoms with E-state index < -0.39 is 0 Å². The number of nitrogens with two attached hydrogens (primary N) is 1. The lowest BCUT2D eigenvalue weighted by atomic mass is 9.94. The average Bonchev–Trinajstić information content (AvgIpc) is 2.68. The van der Waals surface area contributed by atoms with E-state index in [2.05, 4.69) is 22.1 Å². The second-order valence-corrected chi connectivity index (χ2v) is 5.24. The van der Waals surface area contributed by atoms with Gasteiger partial charge in [0.15, 0.2) is 5.82 Å². The minimum absolute atomic E-state index is 0.0868. The Bertz CT molecular complexity index is 342. The quantitative estimate of drug-likeness (QED) is 0.842. The van der Waals surface area contributed by atoms with Gasteiger partial charge in [-0.15, -0.1) is 0 Å².